The number of hydrazine groups is 1. The highest BCUT2D eigenvalue weighted by Gasteiger charge is 2.39. The van der Waals surface area contributed by atoms with E-state index in [2.05, 4.69) is 37.5 Å². The molecular formula is C14H26N4. The normalized spacial score (nSPS) is 24.3. The smallest absolute Gasteiger partial charge is 0.0522 e. The predicted octanol–water partition coefficient (Wildman–Crippen LogP) is 2.10. The van der Waals surface area contributed by atoms with E-state index >= 15 is 0 Å². The Bertz CT molecular complexity index is 383. The van der Waals surface area contributed by atoms with Gasteiger partial charge in [-0.3, -0.25) is 16.0 Å². The minimum Gasteiger partial charge on any atom is -0.273 e. The molecule has 1 aromatic rings. The van der Waals surface area contributed by atoms with Crippen molar-refractivity contribution >= 4 is 0 Å². The number of nitrogens with zero attached hydrogens (tertiary/aromatic N) is 2. The predicted molar refractivity (Wildman–Crippen MR) is 73.8 cm³/mol. The van der Waals surface area contributed by atoms with Crippen LogP contribution in [0, 0.1) is 11.3 Å². The first kappa shape index (κ1) is 13.6. The van der Waals surface area contributed by atoms with Crippen molar-refractivity contribution in [3.8, 4) is 0 Å². The van der Waals surface area contributed by atoms with Crippen LogP contribution in [0.5, 0.6) is 0 Å². The lowest BCUT2D eigenvalue weighted by atomic mass is 9.76. The monoisotopic (exact) mass is 250 g/mol. The molecule has 1 aliphatic rings. The van der Waals surface area contributed by atoms with Crippen molar-refractivity contribution in [2.75, 3.05) is 0 Å². The van der Waals surface area contributed by atoms with E-state index in [4.69, 9.17) is 5.84 Å². The average Bonchev–Trinajstić information content (AvgIpc) is 2.92. The minimum absolute atomic E-state index is 0.358. The van der Waals surface area contributed by atoms with Gasteiger partial charge in [-0.15, -0.1) is 0 Å². The molecule has 0 aliphatic heterocycles. The van der Waals surface area contributed by atoms with Crippen LogP contribution in [-0.2, 0) is 13.0 Å². The van der Waals surface area contributed by atoms with Crippen LogP contribution in [0.3, 0.4) is 0 Å². The summed E-state index contributed by atoms with van der Waals surface area (Å²) in [6.45, 7) is 7.76. The maximum Gasteiger partial charge on any atom is 0.0522 e. The Morgan fingerprint density at radius 3 is 2.89 bits per heavy atom. The maximum absolute atomic E-state index is 5.78. The molecule has 2 rings (SSSR count). The van der Waals surface area contributed by atoms with Gasteiger partial charge in [0.25, 0.3) is 0 Å². The van der Waals surface area contributed by atoms with Crippen LogP contribution in [0.4, 0.5) is 0 Å². The van der Waals surface area contributed by atoms with Crippen molar-refractivity contribution in [2.45, 2.75) is 59.0 Å². The summed E-state index contributed by atoms with van der Waals surface area (Å²) in [6, 6.07) is 0.358. The molecule has 0 radical (unpaired) electrons. The summed E-state index contributed by atoms with van der Waals surface area (Å²) in [5.41, 5.74) is 4.72. The van der Waals surface area contributed by atoms with Crippen molar-refractivity contribution in [1.29, 1.82) is 0 Å². The Hall–Kier alpha value is -0.870. The van der Waals surface area contributed by atoms with E-state index in [0.29, 0.717) is 17.4 Å². The van der Waals surface area contributed by atoms with E-state index in [0.717, 1.165) is 13.0 Å². The summed E-state index contributed by atoms with van der Waals surface area (Å²) in [5.74, 6) is 6.44. The van der Waals surface area contributed by atoms with Crippen molar-refractivity contribution in [3.63, 3.8) is 0 Å². The maximum atomic E-state index is 5.78. The zero-order valence-electron chi connectivity index (χ0n) is 11.8. The molecule has 1 aliphatic carbocycles. The molecule has 0 spiro atoms. The minimum atomic E-state index is 0.358. The molecule has 1 fully saturated rings. The first-order valence-electron chi connectivity index (χ1n) is 7.04. The van der Waals surface area contributed by atoms with Gasteiger partial charge in [-0.05, 0) is 43.1 Å². The van der Waals surface area contributed by atoms with Gasteiger partial charge in [0, 0.05) is 18.8 Å². The van der Waals surface area contributed by atoms with Gasteiger partial charge in [-0.25, -0.2) is 0 Å². The highest BCUT2D eigenvalue weighted by atomic mass is 15.3. The quantitative estimate of drug-likeness (QED) is 0.621. The molecule has 18 heavy (non-hydrogen) atoms. The SMILES string of the molecule is CCn1cc(CC(NN)C2CCCC2(C)C)cn1. The number of rotatable bonds is 5. The highest BCUT2D eigenvalue weighted by molar-refractivity contribution is 5.08. The lowest BCUT2D eigenvalue weighted by Gasteiger charge is -2.33. The van der Waals surface area contributed by atoms with E-state index in [-0.39, 0.29) is 0 Å². The summed E-state index contributed by atoms with van der Waals surface area (Å²) < 4.78 is 1.97. The molecule has 0 saturated heterocycles. The summed E-state index contributed by atoms with van der Waals surface area (Å²) in [4.78, 5) is 0. The topological polar surface area (TPSA) is 55.9 Å². The van der Waals surface area contributed by atoms with E-state index in [9.17, 15) is 0 Å². The van der Waals surface area contributed by atoms with Crippen LogP contribution in [0.15, 0.2) is 12.4 Å². The lowest BCUT2D eigenvalue weighted by Crippen LogP contribution is -2.45. The number of nitrogens with two attached hydrogens (primary N) is 1. The highest BCUT2D eigenvalue weighted by Crippen LogP contribution is 2.44. The second-order valence-corrected chi connectivity index (χ2v) is 6.17. The van der Waals surface area contributed by atoms with Crippen molar-refractivity contribution in [2.24, 2.45) is 17.2 Å². The molecule has 3 N–H and O–H groups in total. The van der Waals surface area contributed by atoms with Crippen molar-refractivity contribution in [1.82, 2.24) is 15.2 Å². The fourth-order valence-electron chi connectivity index (χ4n) is 3.36. The summed E-state index contributed by atoms with van der Waals surface area (Å²) in [5, 5.41) is 4.33. The molecule has 0 amide bonds. The Labute approximate surface area is 110 Å². The summed E-state index contributed by atoms with van der Waals surface area (Å²) in [7, 11) is 0. The van der Waals surface area contributed by atoms with Crippen LogP contribution >= 0.6 is 0 Å². The summed E-state index contributed by atoms with van der Waals surface area (Å²) in [6.07, 6.45) is 8.99. The Morgan fingerprint density at radius 1 is 1.61 bits per heavy atom. The third kappa shape index (κ3) is 2.75. The molecule has 1 aromatic heterocycles. The molecular weight excluding hydrogens is 224 g/mol. The zero-order valence-corrected chi connectivity index (χ0v) is 11.8. The number of hydrogen-bond acceptors (Lipinski definition) is 3. The van der Waals surface area contributed by atoms with Gasteiger partial charge in [0.1, 0.15) is 0 Å². The summed E-state index contributed by atoms with van der Waals surface area (Å²) >= 11 is 0. The number of aryl methyl sites for hydroxylation is 1. The standard InChI is InChI=1S/C14H26N4/c1-4-18-10-11(9-16-18)8-13(17-15)12-6-5-7-14(12,2)3/h9-10,12-13,17H,4-8,15H2,1-3H3. The van der Waals surface area contributed by atoms with Crippen LogP contribution in [0.25, 0.3) is 0 Å². The van der Waals surface area contributed by atoms with Crippen LogP contribution < -0.4 is 11.3 Å². The van der Waals surface area contributed by atoms with Crippen molar-refractivity contribution < 1.29 is 0 Å². The second kappa shape index (κ2) is 5.41. The first-order chi connectivity index (χ1) is 8.56. The zero-order chi connectivity index (χ0) is 13.2. The van der Waals surface area contributed by atoms with Crippen molar-refractivity contribution in [3.05, 3.63) is 18.0 Å². The van der Waals surface area contributed by atoms with Gasteiger partial charge < -0.3 is 0 Å². The van der Waals surface area contributed by atoms with E-state index < -0.39 is 0 Å². The third-order valence-electron chi connectivity index (χ3n) is 4.51. The second-order valence-electron chi connectivity index (χ2n) is 6.17. The van der Waals surface area contributed by atoms with Crippen LogP contribution in [-0.4, -0.2) is 15.8 Å². The number of aromatic nitrogens is 2. The lowest BCUT2D eigenvalue weighted by molar-refractivity contribution is 0.196. The molecule has 0 bridgehead atoms. The Kier molecular flexibility index (Phi) is 4.07. The number of nitrogens with one attached hydrogen (secondary N) is 1. The fourth-order valence-corrected chi connectivity index (χ4v) is 3.36. The Morgan fingerprint density at radius 2 is 2.39 bits per heavy atom. The molecule has 2 unspecified atom stereocenters. The van der Waals surface area contributed by atoms with E-state index in [1.54, 1.807) is 0 Å². The molecule has 1 heterocycles. The van der Waals surface area contributed by atoms with E-state index in [1.165, 1.54) is 24.8 Å². The third-order valence-corrected chi connectivity index (χ3v) is 4.51. The van der Waals surface area contributed by atoms with Gasteiger partial charge in [-0.1, -0.05) is 20.3 Å². The van der Waals surface area contributed by atoms with E-state index in [1.807, 2.05) is 10.9 Å². The Balaban J connectivity index is 2.05. The molecule has 4 heteroatoms. The van der Waals surface area contributed by atoms with Gasteiger partial charge in [0.2, 0.25) is 0 Å². The molecule has 1 saturated carbocycles. The largest absolute Gasteiger partial charge is 0.273 e. The van der Waals surface area contributed by atoms with Crippen LogP contribution in [0.1, 0.15) is 45.6 Å². The molecule has 0 aromatic carbocycles. The molecule has 2 atom stereocenters. The number of hydrogen-bond donors (Lipinski definition) is 2. The molecule has 102 valence electrons. The van der Waals surface area contributed by atoms with Crippen LogP contribution in [0.2, 0.25) is 0 Å². The first-order valence-corrected chi connectivity index (χ1v) is 7.04. The van der Waals surface area contributed by atoms with Gasteiger partial charge >= 0.3 is 0 Å². The average molecular weight is 250 g/mol. The van der Waals surface area contributed by atoms with Gasteiger partial charge in [-0.2, -0.15) is 5.10 Å². The van der Waals surface area contributed by atoms with Gasteiger partial charge in [0.05, 0.1) is 6.20 Å². The fraction of sp³-hybridized carbons (Fsp3) is 0.786. The van der Waals surface area contributed by atoms with Gasteiger partial charge in [0.15, 0.2) is 0 Å². The molecule has 4 nitrogen and oxygen atoms in total.